The molecule has 0 heterocycles. The van der Waals surface area contributed by atoms with Crippen LogP contribution in [0.4, 0.5) is 0 Å². The van der Waals surface area contributed by atoms with Crippen LogP contribution in [0.15, 0.2) is 12.1 Å². The molecule has 1 aromatic carbocycles. The Kier molecular flexibility index (Phi) is 9.89. The van der Waals surface area contributed by atoms with Crippen molar-refractivity contribution in [2.24, 2.45) is 0 Å². The van der Waals surface area contributed by atoms with Crippen molar-refractivity contribution in [2.45, 2.75) is 13.3 Å². The minimum absolute atomic E-state index is 0. The van der Waals surface area contributed by atoms with Gasteiger partial charge in [0.1, 0.15) is 5.75 Å². The van der Waals surface area contributed by atoms with Gasteiger partial charge in [0.15, 0.2) is 18.1 Å². The van der Waals surface area contributed by atoms with Crippen LogP contribution in [-0.4, -0.2) is 40.4 Å². The Bertz CT molecular complexity index is 446. The van der Waals surface area contributed by atoms with Gasteiger partial charge in [-0.15, -0.1) is 12.4 Å². The van der Waals surface area contributed by atoms with Crippen molar-refractivity contribution in [1.82, 2.24) is 10.9 Å². The molecule has 1 rings (SSSR count). The molecular weight excluding hydrogens is 312 g/mol. The van der Waals surface area contributed by atoms with E-state index in [1.807, 2.05) is 6.92 Å². The van der Waals surface area contributed by atoms with Gasteiger partial charge < -0.3 is 18.9 Å². The van der Waals surface area contributed by atoms with Gasteiger partial charge in [0.25, 0.3) is 5.91 Å². The third-order valence-corrected chi connectivity index (χ3v) is 2.61. The standard InChI is InChI=1S/C14H22N2O5.ClH/c1-5-6-15-16-13(17)9-21-10-7-11(18-2)14(20-4)12(8-10)19-3;/h7-8,15H,5-6,9H2,1-4H3,(H,16,17);1H. The summed E-state index contributed by atoms with van der Waals surface area (Å²) in [5.74, 6) is 1.60. The molecule has 2 N–H and O–H groups in total. The molecule has 0 aliphatic carbocycles. The molecule has 0 unspecified atom stereocenters. The highest BCUT2D eigenvalue weighted by atomic mass is 35.5. The molecule has 0 saturated carbocycles. The zero-order valence-electron chi connectivity index (χ0n) is 13.2. The number of carbonyl (C=O) groups excluding carboxylic acids is 1. The number of amides is 1. The summed E-state index contributed by atoms with van der Waals surface area (Å²) < 4.78 is 21.0. The van der Waals surface area contributed by atoms with Crippen LogP contribution in [0, 0.1) is 0 Å². The van der Waals surface area contributed by atoms with Gasteiger partial charge in [-0.1, -0.05) is 6.92 Å². The van der Waals surface area contributed by atoms with Gasteiger partial charge in [-0.2, -0.15) is 0 Å². The van der Waals surface area contributed by atoms with Crippen LogP contribution < -0.4 is 29.8 Å². The van der Waals surface area contributed by atoms with E-state index in [4.69, 9.17) is 18.9 Å². The first-order valence-electron chi connectivity index (χ1n) is 6.60. The van der Waals surface area contributed by atoms with Gasteiger partial charge in [0, 0.05) is 18.7 Å². The van der Waals surface area contributed by atoms with E-state index < -0.39 is 0 Å². The summed E-state index contributed by atoms with van der Waals surface area (Å²) in [5.41, 5.74) is 5.32. The van der Waals surface area contributed by atoms with Gasteiger partial charge >= 0.3 is 0 Å². The fraction of sp³-hybridized carbons (Fsp3) is 0.500. The summed E-state index contributed by atoms with van der Waals surface area (Å²) in [6, 6.07) is 3.27. The van der Waals surface area contributed by atoms with Crippen LogP contribution in [0.2, 0.25) is 0 Å². The lowest BCUT2D eigenvalue weighted by Crippen LogP contribution is -2.40. The summed E-state index contributed by atoms with van der Waals surface area (Å²) in [6.45, 7) is 2.59. The normalized spacial score (nSPS) is 9.45. The zero-order chi connectivity index (χ0) is 15.7. The molecule has 8 heteroatoms. The first-order valence-corrected chi connectivity index (χ1v) is 6.60. The van der Waals surface area contributed by atoms with E-state index in [0.717, 1.165) is 6.42 Å². The summed E-state index contributed by atoms with van der Waals surface area (Å²) in [5, 5.41) is 0. The maximum atomic E-state index is 11.5. The molecule has 0 bridgehead atoms. The number of halogens is 1. The second-order valence-corrected chi connectivity index (χ2v) is 4.12. The Balaban J connectivity index is 0.00000441. The maximum Gasteiger partial charge on any atom is 0.271 e. The molecule has 7 nitrogen and oxygen atoms in total. The zero-order valence-corrected chi connectivity index (χ0v) is 14.0. The fourth-order valence-electron chi connectivity index (χ4n) is 1.61. The lowest BCUT2D eigenvalue weighted by molar-refractivity contribution is -0.124. The lowest BCUT2D eigenvalue weighted by Gasteiger charge is -2.14. The predicted molar refractivity (Wildman–Crippen MR) is 85.3 cm³/mol. The first-order chi connectivity index (χ1) is 10.2. The van der Waals surface area contributed by atoms with E-state index in [9.17, 15) is 4.79 Å². The average molecular weight is 335 g/mol. The Hall–Kier alpha value is -1.86. The van der Waals surface area contributed by atoms with E-state index in [2.05, 4.69) is 10.9 Å². The Morgan fingerprint density at radius 3 is 2.14 bits per heavy atom. The van der Waals surface area contributed by atoms with Crippen molar-refractivity contribution in [2.75, 3.05) is 34.5 Å². The summed E-state index contributed by atoms with van der Waals surface area (Å²) in [4.78, 5) is 11.5. The third kappa shape index (κ3) is 5.87. The largest absolute Gasteiger partial charge is 0.493 e. The number of benzene rings is 1. The molecule has 0 aliphatic rings. The van der Waals surface area contributed by atoms with E-state index in [1.165, 1.54) is 21.3 Å². The minimum Gasteiger partial charge on any atom is -0.493 e. The van der Waals surface area contributed by atoms with Crippen LogP contribution in [0.3, 0.4) is 0 Å². The SMILES string of the molecule is CCCNNC(=O)COc1cc(OC)c(OC)c(OC)c1.Cl. The Labute approximate surface area is 136 Å². The minimum atomic E-state index is -0.266. The number of nitrogens with one attached hydrogen (secondary N) is 2. The van der Waals surface area contributed by atoms with Crippen LogP contribution in [0.25, 0.3) is 0 Å². The number of hydrogen-bond donors (Lipinski definition) is 2. The van der Waals surface area contributed by atoms with Crippen LogP contribution in [0.1, 0.15) is 13.3 Å². The van der Waals surface area contributed by atoms with Crippen molar-refractivity contribution >= 4 is 18.3 Å². The van der Waals surface area contributed by atoms with E-state index in [1.54, 1.807) is 12.1 Å². The Morgan fingerprint density at radius 2 is 1.68 bits per heavy atom. The molecule has 1 aromatic rings. The number of rotatable bonds is 9. The van der Waals surface area contributed by atoms with Crippen molar-refractivity contribution in [3.05, 3.63) is 12.1 Å². The lowest BCUT2D eigenvalue weighted by atomic mass is 10.2. The molecule has 126 valence electrons. The second kappa shape index (κ2) is 10.8. The second-order valence-electron chi connectivity index (χ2n) is 4.12. The summed E-state index contributed by atoms with van der Waals surface area (Å²) in [7, 11) is 4.55. The van der Waals surface area contributed by atoms with Crippen LogP contribution in [-0.2, 0) is 4.79 Å². The highest BCUT2D eigenvalue weighted by Crippen LogP contribution is 2.40. The predicted octanol–water partition coefficient (Wildman–Crippen LogP) is 1.54. The van der Waals surface area contributed by atoms with Crippen molar-refractivity contribution in [3.63, 3.8) is 0 Å². The van der Waals surface area contributed by atoms with Gasteiger partial charge in [-0.3, -0.25) is 10.2 Å². The summed E-state index contributed by atoms with van der Waals surface area (Å²) in [6.07, 6.45) is 0.925. The average Bonchev–Trinajstić information content (AvgIpc) is 2.51. The maximum absolute atomic E-state index is 11.5. The third-order valence-electron chi connectivity index (χ3n) is 2.61. The molecule has 0 fully saturated rings. The quantitative estimate of drug-likeness (QED) is 0.527. The fourth-order valence-corrected chi connectivity index (χ4v) is 1.61. The number of carbonyl (C=O) groups is 1. The van der Waals surface area contributed by atoms with Crippen molar-refractivity contribution in [3.8, 4) is 23.0 Å². The summed E-state index contributed by atoms with van der Waals surface area (Å²) >= 11 is 0. The molecule has 1 amide bonds. The monoisotopic (exact) mass is 334 g/mol. The van der Waals surface area contributed by atoms with Crippen molar-refractivity contribution < 1.29 is 23.7 Å². The van der Waals surface area contributed by atoms with Gasteiger partial charge in [0.2, 0.25) is 5.75 Å². The smallest absolute Gasteiger partial charge is 0.271 e. The Morgan fingerprint density at radius 1 is 1.09 bits per heavy atom. The molecule has 0 spiro atoms. The number of hydrazine groups is 1. The van der Waals surface area contributed by atoms with Crippen molar-refractivity contribution in [1.29, 1.82) is 0 Å². The number of ether oxygens (including phenoxy) is 4. The van der Waals surface area contributed by atoms with Crippen LogP contribution in [0.5, 0.6) is 23.0 Å². The molecule has 0 radical (unpaired) electrons. The molecule has 22 heavy (non-hydrogen) atoms. The topological polar surface area (TPSA) is 78.1 Å². The molecule has 0 saturated heterocycles. The molecule has 0 aliphatic heterocycles. The van der Waals surface area contributed by atoms with Gasteiger partial charge in [-0.05, 0) is 6.42 Å². The van der Waals surface area contributed by atoms with Gasteiger partial charge in [-0.25, -0.2) is 5.43 Å². The highest BCUT2D eigenvalue weighted by molar-refractivity contribution is 5.85. The van der Waals surface area contributed by atoms with Gasteiger partial charge in [0.05, 0.1) is 21.3 Å². The molecule has 0 aromatic heterocycles. The van der Waals surface area contributed by atoms with E-state index >= 15 is 0 Å². The number of methoxy groups -OCH3 is 3. The molecule has 0 atom stereocenters. The highest BCUT2D eigenvalue weighted by Gasteiger charge is 2.14. The van der Waals surface area contributed by atoms with E-state index in [-0.39, 0.29) is 24.9 Å². The van der Waals surface area contributed by atoms with E-state index in [0.29, 0.717) is 29.5 Å². The van der Waals surface area contributed by atoms with Crippen LogP contribution >= 0.6 is 12.4 Å². The number of hydrogen-bond acceptors (Lipinski definition) is 6. The molecular formula is C14H23ClN2O5. The first kappa shape index (κ1) is 20.1.